The Labute approximate surface area is 129 Å². The highest BCUT2D eigenvalue weighted by atomic mass is 16.5. The van der Waals surface area contributed by atoms with Crippen molar-refractivity contribution in [3.63, 3.8) is 0 Å². The number of hydrogen-bond acceptors (Lipinski definition) is 3. The summed E-state index contributed by atoms with van der Waals surface area (Å²) in [6.07, 6.45) is 10.4. The SMILES string of the molecule is CCCCCCCCCCN1CC(C(=O)OCC)CC1=O. The monoisotopic (exact) mass is 297 g/mol. The molecule has 21 heavy (non-hydrogen) atoms. The van der Waals surface area contributed by atoms with Crippen LogP contribution >= 0.6 is 0 Å². The van der Waals surface area contributed by atoms with E-state index in [1.807, 2.05) is 4.90 Å². The molecule has 4 heteroatoms. The Bertz CT molecular complexity index is 317. The third-order valence-corrected chi connectivity index (χ3v) is 4.12. The number of rotatable bonds is 11. The van der Waals surface area contributed by atoms with Crippen molar-refractivity contribution in [1.29, 1.82) is 0 Å². The van der Waals surface area contributed by atoms with E-state index in [0.29, 0.717) is 19.6 Å². The highest BCUT2D eigenvalue weighted by Gasteiger charge is 2.34. The van der Waals surface area contributed by atoms with Crippen LogP contribution < -0.4 is 0 Å². The molecular formula is C17H31NO3. The van der Waals surface area contributed by atoms with Gasteiger partial charge in [0.25, 0.3) is 0 Å². The molecule has 1 saturated heterocycles. The Kier molecular flexibility index (Phi) is 9.11. The Morgan fingerprint density at radius 1 is 1.10 bits per heavy atom. The fourth-order valence-corrected chi connectivity index (χ4v) is 2.84. The van der Waals surface area contributed by atoms with Gasteiger partial charge in [-0.25, -0.2) is 0 Å². The first-order chi connectivity index (χ1) is 10.2. The second kappa shape index (κ2) is 10.6. The summed E-state index contributed by atoms with van der Waals surface area (Å²) in [5, 5.41) is 0. The number of carbonyl (C=O) groups is 2. The van der Waals surface area contributed by atoms with Crippen molar-refractivity contribution in [3.05, 3.63) is 0 Å². The predicted molar refractivity (Wildman–Crippen MR) is 83.9 cm³/mol. The molecule has 0 radical (unpaired) electrons. The van der Waals surface area contributed by atoms with Crippen LogP contribution in [0.4, 0.5) is 0 Å². The molecule has 4 nitrogen and oxygen atoms in total. The highest BCUT2D eigenvalue weighted by Crippen LogP contribution is 2.20. The fraction of sp³-hybridized carbons (Fsp3) is 0.882. The van der Waals surface area contributed by atoms with Gasteiger partial charge in [0.1, 0.15) is 0 Å². The molecule has 1 aliphatic rings. The van der Waals surface area contributed by atoms with E-state index in [9.17, 15) is 9.59 Å². The molecule has 0 spiro atoms. The summed E-state index contributed by atoms with van der Waals surface area (Å²) in [4.78, 5) is 25.3. The summed E-state index contributed by atoms with van der Waals surface area (Å²) < 4.78 is 4.99. The second-order valence-electron chi connectivity index (χ2n) is 5.97. The van der Waals surface area contributed by atoms with Gasteiger partial charge in [-0.3, -0.25) is 9.59 Å². The third kappa shape index (κ3) is 6.96. The normalized spacial score (nSPS) is 18.3. The molecule has 0 saturated carbocycles. The zero-order chi connectivity index (χ0) is 15.5. The molecule has 1 aliphatic heterocycles. The largest absolute Gasteiger partial charge is 0.466 e. The number of ether oxygens (including phenoxy) is 1. The number of hydrogen-bond donors (Lipinski definition) is 0. The van der Waals surface area contributed by atoms with Gasteiger partial charge in [-0.2, -0.15) is 0 Å². The van der Waals surface area contributed by atoms with E-state index in [-0.39, 0.29) is 17.8 Å². The van der Waals surface area contributed by atoms with E-state index in [2.05, 4.69) is 6.92 Å². The summed E-state index contributed by atoms with van der Waals surface area (Å²) in [5.74, 6) is -0.355. The summed E-state index contributed by atoms with van der Waals surface area (Å²) >= 11 is 0. The van der Waals surface area contributed by atoms with E-state index in [0.717, 1.165) is 13.0 Å². The van der Waals surface area contributed by atoms with Crippen molar-refractivity contribution in [2.45, 2.75) is 71.6 Å². The molecule has 0 N–H and O–H groups in total. The highest BCUT2D eigenvalue weighted by molar-refractivity contribution is 5.86. The average Bonchev–Trinajstić information content (AvgIpc) is 2.83. The smallest absolute Gasteiger partial charge is 0.311 e. The Morgan fingerprint density at radius 3 is 2.33 bits per heavy atom. The predicted octanol–water partition coefficient (Wildman–Crippen LogP) is 3.54. The van der Waals surface area contributed by atoms with Gasteiger partial charge >= 0.3 is 5.97 Å². The van der Waals surface area contributed by atoms with Crippen molar-refractivity contribution in [3.8, 4) is 0 Å². The standard InChI is InChI=1S/C17H31NO3/c1-3-5-6-7-8-9-10-11-12-18-14-15(13-16(18)19)17(20)21-4-2/h15H,3-14H2,1-2H3. The lowest BCUT2D eigenvalue weighted by molar-refractivity contribution is -0.147. The number of carbonyl (C=O) groups excluding carboxylic acids is 2. The van der Waals surface area contributed by atoms with Crippen LogP contribution in [0, 0.1) is 5.92 Å². The summed E-state index contributed by atoms with van der Waals surface area (Å²) in [5.41, 5.74) is 0. The van der Waals surface area contributed by atoms with Gasteiger partial charge in [0.15, 0.2) is 0 Å². The Balaban J connectivity index is 2.07. The number of likely N-dealkylation sites (tertiary alicyclic amines) is 1. The second-order valence-corrected chi connectivity index (χ2v) is 5.97. The van der Waals surface area contributed by atoms with Gasteiger partial charge in [0.05, 0.1) is 12.5 Å². The van der Waals surface area contributed by atoms with Crippen LogP contribution in [0.5, 0.6) is 0 Å². The van der Waals surface area contributed by atoms with E-state index in [4.69, 9.17) is 4.74 Å². The van der Waals surface area contributed by atoms with Crippen LogP contribution in [0.1, 0.15) is 71.6 Å². The van der Waals surface area contributed by atoms with Gasteiger partial charge in [-0.15, -0.1) is 0 Å². The van der Waals surface area contributed by atoms with Gasteiger partial charge in [-0.05, 0) is 13.3 Å². The summed E-state index contributed by atoms with van der Waals surface area (Å²) in [6, 6.07) is 0. The number of amides is 1. The lowest BCUT2D eigenvalue weighted by Gasteiger charge is -2.16. The average molecular weight is 297 g/mol. The van der Waals surface area contributed by atoms with Crippen LogP contribution in [0.3, 0.4) is 0 Å². The lowest BCUT2D eigenvalue weighted by atomic mass is 10.1. The summed E-state index contributed by atoms with van der Waals surface area (Å²) in [6.45, 7) is 5.77. The molecular weight excluding hydrogens is 266 g/mol. The number of unbranched alkanes of at least 4 members (excludes halogenated alkanes) is 7. The van der Waals surface area contributed by atoms with Crippen molar-refractivity contribution in [2.24, 2.45) is 5.92 Å². The van der Waals surface area contributed by atoms with Crippen LogP contribution in [0.25, 0.3) is 0 Å². The van der Waals surface area contributed by atoms with Crippen molar-refractivity contribution in [1.82, 2.24) is 4.90 Å². The number of esters is 1. The molecule has 1 rings (SSSR count). The van der Waals surface area contributed by atoms with Crippen LogP contribution in [-0.2, 0) is 14.3 Å². The maximum Gasteiger partial charge on any atom is 0.311 e. The first-order valence-corrected chi connectivity index (χ1v) is 8.63. The van der Waals surface area contributed by atoms with Gasteiger partial charge < -0.3 is 9.64 Å². The third-order valence-electron chi connectivity index (χ3n) is 4.12. The molecule has 1 amide bonds. The number of nitrogens with zero attached hydrogens (tertiary/aromatic N) is 1. The molecule has 0 bridgehead atoms. The first kappa shape index (κ1) is 18.0. The molecule has 0 aliphatic carbocycles. The lowest BCUT2D eigenvalue weighted by Crippen LogP contribution is -2.27. The van der Waals surface area contributed by atoms with E-state index >= 15 is 0 Å². The van der Waals surface area contributed by atoms with Crippen LogP contribution in [-0.4, -0.2) is 36.5 Å². The fourth-order valence-electron chi connectivity index (χ4n) is 2.84. The van der Waals surface area contributed by atoms with Gasteiger partial charge in [0, 0.05) is 19.5 Å². The molecule has 0 aromatic heterocycles. The molecule has 122 valence electrons. The molecule has 0 aromatic rings. The van der Waals surface area contributed by atoms with Gasteiger partial charge in [-0.1, -0.05) is 51.9 Å². The topological polar surface area (TPSA) is 46.6 Å². The zero-order valence-electron chi connectivity index (χ0n) is 13.7. The maximum absolute atomic E-state index is 11.8. The van der Waals surface area contributed by atoms with E-state index in [1.54, 1.807) is 6.92 Å². The quantitative estimate of drug-likeness (QED) is 0.433. The Hall–Kier alpha value is -1.06. The van der Waals surface area contributed by atoms with Gasteiger partial charge in [0.2, 0.25) is 5.91 Å². The van der Waals surface area contributed by atoms with E-state index in [1.165, 1.54) is 44.9 Å². The summed E-state index contributed by atoms with van der Waals surface area (Å²) in [7, 11) is 0. The minimum atomic E-state index is -0.244. The molecule has 1 atom stereocenters. The Morgan fingerprint density at radius 2 is 1.71 bits per heavy atom. The molecule has 1 unspecified atom stereocenters. The minimum Gasteiger partial charge on any atom is -0.466 e. The van der Waals surface area contributed by atoms with Crippen molar-refractivity contribution in [2.75, 3.05) is 19.7 Å². The van der Waals surface area contributed by atoms with Crippen molar-refractivity contribution < 1.29 is 14.3 Å². The van der Waals surface area contributed by atoms with Crippen molar-refractivity contribution >= 4 is 11.9 Å². The zero-order valence-corrected chi connectivity index (χ0v) is 13.7. The minimum absolute atomic E-state index is 0.107. The molecule has 1 fully saturated rings. The molecule has 1 heterocycles. The van der Waals surface area contributed by atoms with E-state index < -0.39 is 0 Å². The molecule has 0 aromatic carbocycles. The maximum atomic E-state index is 11.8. The van der Waals surface area contributed by atoms with Crippen LogP contribution in [0.15, 0.2) is 0 Å². The first-order valence-electron chi connectivity index (χ1n) is 8.63. The van der Waals surface area contributed by atoms with Crippen LogP contribution in [0.2, 0.25) is 0 Å².